The van der Waals surface area contributed by atoms with Gasteiger partial charge in [-0.1, -0.05) is 0 Å². The van der Waals surface area contributed by atoms with E-state index in [1.165, 1.54) is 11.3 Å². The number of thiophene rings is 1. The fraction of sp³-hybridized carbons (Fsp3) is 0.591. The molecule has 2 aromatic heterocycles. The van der Waals surface area contributed by atoms with Crippen LogP contribution in [-0.4, -0.2) is 47.2 Å². The largest absolute Gasteiger partial charge is 0.358 e. The predicted molar refractivity (Wildman–Crippen MR) is 140 cm³/mol. The zero-order chi connectivity index (χ0) is 26.5. The molecule has 0 aromatic carbocycles. The van der Waals surface area contributed by atoms with Crippen molar-refractivity contribution < 1.29 is 22.0 Å². The molecular formula is C22H29F2N7O3S3. The Morgan fingerprint density at radius 2 is 1.97 bits per heavy atom. The molecule has 2 heterocycles. The highest BCUT2D eigenvalue weighted by Gasteiger charge is 2.47. The zero-order valence-electron chi connectivity index (χ0n) is 20.4. The third-order valence-corrected chi connectivity index (χ3v) is 9.91. The number of nitrogens with zero attached hydrogens (tertiary/aromatic N) is 2. The van der Waals surface area contributed by atoms with Gasteiger partial charge in [-0.15, -0.1) is 11.3 Å². The van der Waals surface area contributed by atoms with Gasteiger partial charge in [-0.3, -0.25) is 20.3 Å². The van der Waals surface area contributed by atoms with Crippen LogP contribution in [0.3, 0.4) is 0 Å². The molecule has 10 nitrogen and oxygen atoms in total. The summed E-state index contributed by atoms with van der Waals surface area (Å²) in [5, 5.41) is 10.9. The summed E-state index contributed by atoms with van der Waals surface area (Å²) in [7, 11) is -2.34. The molecule has 5 rings (SSSR count). The van der Waals surface area contributed by atoms with Gasteiger partial charge in [0.15, 0.2) is 5.11 Å². The maximum Gasteiger partial charge on any atom is 0.251 e. The van der Waals surface area contributed by atoms with E-state index >= 15 is 0 Å². The Morgan fingerprint density at radius 1 is 1.24 bits per heavy atom. The van der Waals surface area contributed by atoms with Crippen molar-refractivity contribution in [1.29, 1.82) is 0 Å². The molecule has 3 aliphatic rings. The normalized spacial score (nSPS) is 21.0. The van der Waals surface area contributed by atoms with Gasteiger partial charge in [-0.2, -0.15) is 5.10 Å². The molecule has 37 heavy (non-hydrogen) atoms. The number of hydrogen-bond donors (Lipinski definition) is 5. The number of rotatable bonds is 8. The van der Waals surface area contributed by atoms with Gasteiger partial charge in [-0.25, -0.2) is 21.9 Å². The number of aryl methyl sites for hydroxylation is 3. The Hall–Kier alpha value is -2.36. The number of halogens is 2. The van der Waals surface area contributed by atoms with E-state index in [0.29, 0.717) is 29.9 Å². The van der Waals surface area contributed by atoms with Crippen molar-refractivity contribution in [2.75, 3.05) is 10.7 Å². The minimum Gasteiger partial charge on any atom is -0.358 e. The van der Waals surface area contributed by atoms with E-state index in [4.69, 9.17) is 12.2 Å². The van der Waals surface area contributed by atoms with Crippen LogP contribution in [0.1, 0.15) is 48.2 Å². The van der Waals surface area contributed by atoms with Crippen molar-refractivity contribution in [3.63, 3.8) is 0 Å². The van der Waals surface area contributed by atoms with E-state index in [1.807, 2.05) is 13.0 Å². The third kappa shape index (κ3) is 5.89. The molecule has 0 radical (unpaired) electrons. The van der Waals surface area contributed by atoms with E-state index < -0.39 is 34.8 Å². The second-order valence-corrected chi connectivity index (χ2v) is 13.1. The number of amides is 1. The number of carbonyl (C=O) groups excluding carboxylic acids is 1. The molecule has 0 unspecified atom stereocenters. The minimum absolute atomic E-state index is 0.00872. The summed E-state index contributed by atoms with van der Waals surface area (Å²) >= 11 is 6.67. The summed E-state index contributed by atoms with van der Waals surface area (Å²) in [4.78, 5) is 13.4. The number of anilines is 2. The van der Waals surface area contributed by atoms with Crippen LogP contribution in [0.5, 0.6) is 0 Å². The van der Waals surface area contributed by atoms with E-state index in [0.717, 1.165) is 29.2 Å². The standard InChI is InChI=1S/C22H29F2N7O3S3/c1-11-7-17(31(2)29-11)27-28-21(35)25-13-5-6-16-15(8-13)18(20(36-16)26-19(32)12-3-4-12)37(33,34)30-14-9-22(23,24)10-14/h7,12-14,27,30H,3-6,8-10H2,1-2H3,(H,26,32)(H2,25,28,35)/t13-/m0/s1. The van der Waals surface area contributed by atoms with Crippen LogP contribution in [0.15, 0.2) is 11.0 Å². The second kappa shape index (κ2) is 9.75. The number of thiocarbonyl (C=S) groups is 1. The van der Waals surface area contributed by atoms with Crippen molar-refractivity contribution in [3.05, 3.63) is 22.2 Å². The fourth-order valence-corrected chi connectivity index (χ4v) is 8.13. The summed E-state index contributed by atoms with van der Waals surface area (Å²) < 4.78 is 57.7. The summed E-state index contributed by atoms with van der Waals surface area (Å²) in [5.41, 5.74) is 7.36. The first-order chi connectivity index (χ1) is 17.4. The molecule has 1 atom stereocenters. The fourth-order valence-electron chi connectivity index (χ4n) is 4.70. The zero-order valence-corrected chi connectivity index (χ0v) is 22.8. The van der Waals surface area contributed by atoms with Gasteiger partial charge in [0.2, 0.25) is 15.9 Å². The lowest BCUT2D eigenvalue weighted by Crippen LogP contribution is -2.50. The lowest BCUT2D eigenvalue weighted by atomic mass is 9.89. The average Bonchev–Trinajstić information content (AvgIpc) is 3.49. The first-order valence-electron chi connectivity index (χ1n) is 12.1. The summed E-state index contributed by atoms with van der Waals surface area (Å²) in [5.74, 6) is -2.45. The summed E-state index contributed by atoms with van der Waals surface area (Å²) in [6, 6.07) is 0.859. The number of nitrogens with one attached hydrogen (secondary N) is 5. The Morgan fingerprint density at radius 3 is 2.59 bits per heavy atom. The summed E-state index contributed by atoms with van der Waals surface area (Å²) in [6.45, 7) is 1.88. The lowest BCUT2D eigenvalue weighted by molar-refractivity contribution is -0.117. The van der Waals surface area contributed by atoms with Crippen LogP contribution in [0, 0.1) is 12.8 Å². The van der Waals surface area contributed by atoms with Gasteiger partial charge in [-0.05, 0) is 56.8 Å². The topological polar surface area (TPSA) is 129 Å². The molecule has 2 fully saturated rings. The van der Waals surface area contributed by atoms with Crippen LogP contribution in [0.4, 0.5) is 19.6 Å². The number of aromatic nitrogens is 2. The van der Waals surface area contributed by atoms with E-state index in [-0.39, 0.29) is 27.8 Å². The van der Waals surface area contributed by atoms with Crippen LogP contribution in [0.25, 0.3) is 0 Å². The molecule has 202 valence electrons. The Bertz CT molecular complexity index is 1330. The van der Waals surface area contributed by atoms with Gasteiger partial charge < -0.3 is 10.6 Å². The SMILES string of the molecule is Cc1cc(NNC(=S)N[C@H]2CCc3sc(NC(=O)C4CC4)c(S(=O)(=O)NC4CC(F)(F)C4)c3C2)n(C)n1. The molecule has 1 amide bonds. The maximum absolute atomic E-state index is 13.4. The first kappa shape index (κ1) is 26.3. The van der Waals surface area contributed by atoms with Crippen molar-refractivity contribution in [2.24, 2.45) is 13.0 Å². The number of sulfonamides is 1. The van der Waals surface area contributed by atoms with Crippen molar-refractivity contribution in [1.82, 2.24) is 25.2 Å². The smallest absolute Gasteiger partial charge is 0.251 e. The first-order valence-corrected chi connectivity index (χ1v) is 14.8. The van der Waals surface area contributed by atoms with E-state index in [9.17, 15) is 22.0 Å². The molecule has 0 aliphatic heterocycles. The monoisotopic (exact) mass is 573 g/mol. The predicted octanol–water partition coefficient (Wildman–Crippen LogP) is 2.56. The highest BCUT2D eigenvalue weighted by Crippen LogP contribution is 2.44. The minimum atomic E-state index is -4.14. The Balaban J connectivity index is 1.31. The molecule has 15 heteroatoms. The molecule has 0 bridgehead atoms. The Kier molecular flexibility index (Phi) is 6.92. The number of carbonyl (C=O) groups is 1. The molecule has 3 aliphatic carbocycles. The number of hydrogen-bond acceptors (Lipinski definition) is 7. The van der Waals surface area contributed by atoms with E-state index in [1.54, 1.807) is 11.7 Å². The van der Waals surface area contributed by atoms with E-state index in [2.05, 4.69) is 31.3 Å². The Labute approximate surface area is 223 Å². The van der Waals surface area contributed by atoms with Crippen LogP contribution in [-0.2, 0) is 34.7 Å². The van der Waals surface area contributed by atoms with Gasteiger partial charge in [0.05, 0.1) is 5.69 Å². The molecule has 0 spiro atoms. The van der Waals surface area contributed by atoms with Crippen LogP contribution in [0.2, 0.25) is 0 Å². The molecule has 2 aromatic rings. The number of alkyl halides is 2. The van der Waals surface area contributed by atoms with Crippen molar-refractivity contribution in [2.45, 2.75) is 74.8 Å². The summed E-state index contributed by atoms with van der Waals surface area (Å²) in [6.07, 6.45) is 2.14. The second-order valence-electron chi connectivity index (χ2n) is 9.97. The molecule has 0 saturated heterocycles. The van der Waals surface area contributed by atoms with Crippen LogP contribution >= 0.6 is 23.6 Å². The average molecular weight is 574 g/mol. The number of hydrazine groups is 1. The van der Waals surface area contributed by atoms with Gasteiger partial charge in [0.1, 0.15) is 15.7 Å². The van der Waals surface area contributed by atoms with Gasteiger partial charge >= 0.3 is 0 Å². The highest BCUT2D eigenvalue weighted by atomic mass is 32.2. The highest BCUT2D eigenvalue weighted by molar-refractivity contribution is 7.90. The van der Waals surface area contributed by atoms with Gasteiger partial charge in [0.25, 0.3) is 5.92 Å². The third-order valence-electron chi connectivity index (χ3n) is 6.72. The quantitative estimate of drug-likeness (QED) is 0.241. The van der Waals surface area contributed by atoms with Gasteiger partial charge in [0, 0.05) is 48.8 Å². The maximum atomic E-state index is 13.4. The molecule has 2 saturated carbocycles. The number of fused-ring (bicyclic) bond motifs is 1. The molecular weight excluding hydrogens is 544 g/mol. The lowest BCUT2D eigenvalue weighted by Gasteiger charge is -2.35. The van der Waals surface area contributed by atoms with Crippen molar-refractivity contribution in [3.8, 4) is 0 Å². The van der Waals surface area contributed by atoms with Crippen molar-refractivity contribution >= 4 is 55.4 Å². The molecule has 5 N–H and O–H groups in total. The van der Waals surface area contributed by atoms with Crippen LogP contribution < -0.4 is 26.2 Å².